The van der Waals surface area contributed by atoms with Crippen molar-refractivity contribution in [1.82, 2.24) is 10.1 Å². The maximum atomic E-state index is 13.5. The van der Waals surface area contributed by atoms with Crippen LogP contribution in [-0.4, -0.2) is 65.7 Å². The molecule has 2 fully saturated rings. The largest absolute Gasteiger partial charge is 0.479 e. The number of carbonyl (C=O) groups excluding carboxylic acids is 1. The molecule has 30 heavy (non-hydrogen) atoms. The smallest absolute Gasteiger partial charge is 0.332 e. The minimum atomic E-state index is -1.45. The third-order valence-corrected chi connectivity index (χ3v) is 6.10. The first-order chi connectivity index (χ1) is 14.3. The summed E-state index contributed by atoms with van der Waals surface area (Å²) >= 11 is 0. The molecule has 2 aliphatic rings. The van der Waals surface area contributed by atoms with Gasteiger partial charge in [0.2, 0.25) is 0 Å². The molecule has 1 aromatic rings. The van der Waals surface area contributed by atoms with Gasteiger partial charge in [0.15, 0.2) is 11.8 Å². The van der Waals surface area contributed by atoms with E-state index >= 15 is 0 Å². The fourth-order valence-electron chi connectivity index (χ4n) is 4.40. The van der Waals surface area contributed by atoms with Crippen LogP contribution in [0.1, 0.15) is 47.9 Å². The summed E-state index contributed by atoms with van der Waals surface area (Å²) < 4.78 is 5.56. The first kappa shape index (κ1) is 22.7. The molecule has 0 spiro atoms. The van der Waals surface area contributed by atoms with Crippen LogP contribution in [0.2, 0.25) is 0 Å². The van der Waals surface area contributed by atoms with Gasteiger partial charge >= 0.3 is 5.97 Å². The molecule has 0 saturated carbocycles. The standard InChI is InChI=1S/C22H32N2O6/c1-15-12-16(2)18(17(3)13-15)14-19(25)24(30-20-6-5-11-29-20)22(21(26)27)7-9-23(28-4)10-8-22/h12-13,20H,5-11,14H2,1-4H3,(H,26,27). The lowest BCUT2D eigenvalue weighted by Gasteiger charge is -2.44. The SMILES string of the molecule is CON1CCC(C(=O)O)(N(OC2CCCO2)C(=O)Cc2c(C)cc(C)cc2C)CC1. The summed E-state index contributed by atoms with van der Waals surface area (Å²) in [6.07, 6.45) is 1.34. The van der Waals surface area contributed by atoms with E-state index < -0.39 is 17.8 Å². The quantitative estimate of drug-likeness (QED) is 0.678. The van der Waals surface area contributed by atoms with Crippen molar-refractivity contribution in [3.63, 3.8) is 0 Å². The molecule has 1 N–H and O–H groups in total. The van der Waals surface area contributed by atoms with Gasteiger partial charge in [0.25, 0.3) is 5.91 Å². The summed E-state index contributed by atoms with van der Waals surface area (Å²) in [5.41, 5.74) is 2.60. The van der Waals surface area contributed by atoms with Crippen molar-refractivity contribution < 1.29 is 29.1 Å². The van der Waals surface area contributed by atoms with E-state index in [1.54, 1.807) is 12.2 Å². The predicted molar refractivity (Wildman–Crippen MR) is 109 cm³/mol. The van der Waals surface area contributed by atoms with E-state index in [1.165, 1.54) is 0 Å². The summed E-state index contributed by atoms with van der Waals surface area (Å²) in [6, 6.07) is 4.07. The van der Waals surface area contributed by atoms with E-state index in [2.05, 4.69) is 0 Å². The normalized spacial score (nSPS) is 21.5. The Morgan fingerprint density at radius 1 is 1.23 bits per heavy atom. The van der Waals surface area contributed by atoms with Crippen LogP contribution >= 0.6 is 0 Å². The second kappa shape index (κ2) is 9.43. The maximum Gasteiger partial charge on any atom is 0.332 e. The van der Waals surface area contributed by atoms with Crippen molar-refractivity contribution in [2.24, 2.45) is 0 Å². The average Bonchev–Trinajstić information content (AvgIpc) is 3.22. The topological polar surface area (TPSA) is 88.5 Å². The lowest BCUT2D eigenvalue weighted by Crippen LogP contribution is -2.62. The highest BCUT2D eigenvalue weighted by Gasteiger charge is 2.51. The molecule has 1 unspecified atom stereocenters. The number of piperidine rings is 1. The molecule has 2 heterocycles. The lowest BCUT2D eigenvalue weighted by molar-refractivity contribution is -0.299. The van der Waals surface area contributed by atoms with Gasteiger partial charge in [-0.3, -0.25) is 4.79 Å². The fraction of sp³-hybridized carbons (Fsp3) is 0.636. The summed E-state index contributed by atoms with van der Waals surface area (Å²) in [7, 11) is 1.56. The Hall–Kier alpha value is -2.00. The number of rotatable bonds is 7. The first-order valence-electron chi connectivity index (χ1n) is 10.5. The molecule has 1 atom stereocenters. The number of hydrogen-bond acceptors (Lipinski definition) is 6. The molecule has 3 rings (SSSR count). The Morgan fingerprint density at radius 2 is 1.87 bits per heavy atom. The van der Waals surface area contributed by atoms with Gasteiger partial charge < -0.3 is 14.7 Å². The van der Waals surface area contributed by atoms with Gasteiger partial charge in [-0.15, -0.1) is 0 Å². The number of carboxylic acid groups (broad SMARTS) is 1. The van der Waals surface area contributed by atoms with E-state index in [9.17, 15) is 14.7 Å². The molecule has 1 aromatic carbocycles. The Bertz CT molecular complexity index is 759. The van der Waals surface area contributed by atoms with Gasteiger partial charge in [-0.1, -0.05) is 17.7 Å². The van der Waals surface area contributed by atoms with E-state index in [4.69, 9.17) is 14.4 Å². The van der Waals surface area contributed by atoms with Gasteiger partial charge in [0, 0.05) is 19.5 Å². The first-order valence-corrected chi connectivity index (χ1v) is 10.5. The zero-order valence-electron chi connectivity index (χ0n) is 18.3. The molecule has 0 radical (unpaired) electrons. The van der Waals surface area contributed by atoms with Gasteiger partial charge in [-0.25, -0.2) is 14.7 Å². The summed E-state index contributed by atoms with van der Waals surface area (Å²) in [5, 5.41) is 13.0. The number of aliphatic carboxylic acids is 1. The number of nitrogens with zero attached hydrogens (tertiary/aromatic N) is 2. The number of carbonyl (C=O) groups is 2. The van der Waals surface area contributed by atoms with Crippen LogP contribution in [0.4, 0.5) is 0 Å². The van der Waals surface area contributed by atoms with Crippen LogP contribution in [0.3, 0.4) is 0 Å². The van der Waals surface area contributed by atoms with Crippen LogP contribution in [0.25, 0.3) is 0 Å². The third kappa shape index (κ3) is 4.67. The number of carboxylic acids is 1. The molecule has 0 aliphatic carbocycles. The van der Waals surface area contributed by atoms with Crippen molar-refractivity contribution in [2.75, 3.05) is 26.8 Å². The van der Waals surface area contributed by atoms with Gasteiger partial charge in [0.05, 0.1) is 20.1 Å². The number of ether oxygens (including phenoxy) is 1. The third-order valence-electron chi connectivity index (χ3n) is 6.10. The molecule has 2 saturated heterocycles. The number of benzene rings is 1. The van der Waals surface area contributed by atoms with Crippen molar-refractivity contribution in [2.45, 2.75) is 64.7 Å². The van der Waals surface area contributed by atoms with Crippen LogP contribution in [-0.2, 0) is 30.4 Å². The molecular formula is C22H32N2O6. The van der Waals surface area contributed by atoms with Crippen molar-refractivity contribution >= 4 is 11.9 Å². The Labute approximate surface area is 177 Å². The zero-order chi connectivity index (χ0) is 21.9. The number of amides is 1. The van der Waals surface area contributed by atoms with Crippen LogP contribution in [0.15, 0.2) is 12.1 Å². The monoisotopic (exact) mass is 420 g/mol. The van der Waals surface area contributed by atoms with E-state index in [-0.39, 0.29) is 25.2 Å². The highest BCUT2D eigenvalue weighted by molar-refractivity contribution is 5.87. The molecular weight excluding hydrogens is 388 g/mol. The molecule has 1 amide bonds. The molecule has 8 nitrogen and oxygen atoms in total. The highest BCUT2D eigenvalue weighted by atomic mass is 16.8. The van der Waals surface area contributed by atoms with Crippen molar-refractivity contribution in [1.29, 1.82) is 0 Å². The molecule has 166 valence electrons. The van der Waals surface area contributed by atoms with Crippen LogP contribution in [0, 0.1) is 20.8 Å². The van der Waals surface area contributed by atoms with Crippen molar-refractivity contribution in [3.05, 3.63) is 34.4 Å². The molecule has 0 bridgehead atoms. The number of hydroxylamine groups is 4. The molecule has 2 aliphatic heterocycles. The highest BCUT2D eigenvalue weighted by Crippen LogP contribution is 2.33. The minimum Gasteiger partial charge on any atom is -0.479 e. The van der Waals surface area contributed by atoms with E-state index in [1.807, 2.05) is 32.9 Å². The number of aryl methyl sites for hydroxylation is 3. The Balaban J connectivity index is 1.91. The lowest BCUT2D eigenvalue weighted by atomic mass is 9.87. The second-order valence-electron chi connectivity index (χ2n) is 8.24. The second-order valence-corrected chi connectivity index (χ2v) is 8.24. The van der Waals surface area contributed by atoms with Gasteiger partial charge in [-0.2, -0.15) is 5.06 Å². The van der Waals surface area contributed by atoms with Gasteiger partial charge in [-0.05, 0) is 56.7 Å². The summed E-state index contributed by atoms with van der Waals surface area (Å²) in [4.78, 5) is 37.1. The number of hydrogen-bond donors (Lipinski definition) is 1. The van der Waals surface area contributed by atoms with Crippen LogP contribution in [0.5, 0.6) is 0 Å². The van der Waals surface area contributed by atoms with E-state index in [0.717, 1.165) is 33.7 Å². The molecule has 0 aromatic heterocycles. The van der Waals surface area contributed by atoms with Crippen LogP contribution < -0.4 is 0 Å². The van der Waals surface area contributed by atoms with E-state index in [0.29, 0.717) is 26.1 Å². The summed E-state index contributed by atoms with van der Waals surface area (Å²) in [5.74, 6) is -1.43. The minimum absolute atomic E-state index is 0.0771. The predicted octanol–water partition coefficient (Wildman–Crippen LogP) is 2.53. The molecule has 8 heteroatoms. The Kier molecular flexibility index (Phi) is 7.13. The Morgan fingerprint density at radius 3 is 2.37 bits per heavy atom. The van der Waals surface area contributed by atoms with Crippen molar-refractivity contribution in [3.8, 4) is 0 Å². The zero-order valence-corrected chi connectivity index (χ0v) is 18.3. The average molecular weight is 421 g/mol. The summed E-state index contributed by atoms with van der Waals surface area (Å²) in [6.45, 7) is 7.28. The fourth-order valence-corrected chi connectivity index (χ4v) is 4.40. The van der Waals surface area contributed by atoms with Gasteiger partial charge in [0.1, 0.15) is 0 Å². The maximum absolute atomic E-state index is 13.5.